The molecule has 0 saturated heterocycles. The lowest BCUT2D eigenvalue weighted by Crippen LogP contribution is -2.25. The smallest absolute Gasteiger partial charge is 0.432 e. The fraction of sp³-hybridized carbons (Fsp3) is 0.379. The molecule has 3 aromatic rings. The zero-order chi connectivity index (χ0) is 29.0. The molecule has 4 rings (SSSR count). The van der Waals surface area contributed by atoms with Gasteiger partial charge in [-0.15, -0.1) is 0 Å². The van der Waals surface area contributed by atoms with Gasteiger partial charge in [-0.05, 0) is 74.3 Å². The highest BCUT2D eigenvalue weighted by atomic mass is 19.3. The SMILES string of the molecule is CCOCC1CCC(COc2ccc(-c3cc(F)c(C(F)(F)Oc4cc(F)c(F)c(F)c4)c(F)c3)c(F)c2)CC1. The molecule has 0 bridgehead atoms. The number of benzene rings is 3. The molecule has 0 aromatic heterocycles. The lowest BCUT2D eigenvalue weighted by molar-refractivity contribution is -0.189. The molecule has 3 nitrogen and oxygen atoms in total. The largest absolute Gasteiger partial charge is 0.493 e. The third kappa shape index (κ3) is 6.86. The van der Waals surface area contributed by atoms with Gasteiger partial charge in [-0.25, -0.2) is 26.3 Å². The van der Waals surface area contributed by atoms with Crippen molar-refractivity contribution in [3.05, 3.63) is 82.9 Å². The molecular formula is C29H26F8O3. The first kappa shape index (κ1) is 29.6. The molecule has 0 unspecified atom stereocenters. The molecule has 0 atom stereocenters. The van der Waals surface area contributed by atoms with Gasteiger partial charge in [-0.1, -0.05) is 0 Å². The Morgan fingerprint density at radius 1 is 0.700 bits per heavy atom. The summed E-state index contributed by atoms with van der Waals surface area (Å²) in [5.41, 5.74) is -2.54. The standard InChI is InChI=1S/C29H26F8O3/c1-2-38-14-16-3-5-17(6-4-16)15-39-19-7-8-21(22(30)11-19)18-9-23(31)27(24(32)10-18)29(36,37)40-20-12-25(33)28(35)26(34)13-20/h7-13,16-17H,2-6,14-15H2,1H3. The van der Waals surface area contributed by atoms with Crippen LogP contribution in [0.25, 0.3) is 11.1 Å². The predicted molar refractivity (Wildman–Crippen MR) is 130 cm³/mol. The Hall–Kier alpha value is -3.34. The maximum Gasteiger partial charge on any atom is 0.432 e. The molecule has 1 aliphatic carbocycles. The summed E-state index contributed by atoms with van der Waals surface area (Å²) < 4.78 is 128. The first-order chi connectivity index (χ1) is 19.0. The van der Waals surface area contributed by atoms with Crippen molar-refractivity contribution in [3.63, 3.8) is 0 Å². The molecule has 0 spiro atoms. The zero-order valence-corrected chi connectivity index (χ0v) is 21.4. The van der Waals surface area contributed by atoms with Crippen LogP contribution in [-0.4, -0.2) is 19.8 Å². The second-order valence-electron chi connectivity index (χ2n) is 9.63. The first-order valence-corrected chi connectivity index (χ1v) is 12.7. The van der Waals surface area contributed by atoms with Crippen molar-refractivity contribution < 1.29 is 49.3 Å². The van der Waals surface area contributed by atoms with Crippen LogP contribution in [0.15, 0.2) is 42.5 Å². The summed E-state index contributed by atoms with van der Waals surface area (Å²) in [6.45, 7) is 3.73. The van der Waals surface area contributed by atoms with Gasteiger partial charge < -0.3 is 14.2 Å². The van der Waals surface area contributed by atoms with Crippen LogP contribution in [0.5, 0.6) is 11.5 Å². The summed E-state index contributed by atoms with van der Waals surface area (Å²) in [5.74, 6) is -10.3. The maximum absolute atomic E-state index is 14.9. The summed E-state index contributed by atoms with van der Waals surface area (Å²) in [4.78, 5) is 0. The summed E-state index contributed by atoms with van der Waals surface area (Å²) in [7, 11) is 0. The second kappa shape index (κ2) is 12.4. The molecule has 1 fully saturated rings. The Morgan fingerprint density at radius 3 is 1.80 bits per heavy atom. The first-order valence-electron chi connectivity index (χ1n) is 12.7. The molecule has 3 aromatic carbocycles. The van der Waals surface area contributed by atoms with E-state index in [0.29, 0.717) is 37.2 Å². The highest BCUT2D eigenvalue weighted by molar-refractivity contribution is 5.66. The number of hydrogen-bond donors (Lipinski definition) is 0. The fourth-order valence-corrected chi connectivity index (χ4v) is 4.68. The van der Waals surface area contributed by atoms with E-state index in [2.05, 4.69) is 4.74 Å². The Bertz CT molecular complexity index is 1290. The lowest BCUT2D eigenvalue weighted by Gasteiger charge is -2.28. The van der Waals surface area contributed by atoms with Gasteiger partial charge in [0.2, 0.25) is 0 Å². The summed E-state index contributed by atoms with van der Waals surface area (Å²) in [6.07, 6.45) is -0.834. The monoisotopic (exact) mass is 574 g/mol. The summed E-state index contributed by atoms with van der Waals surface area (Å²) >= 11 is 0. The number of rotatable bonds is 10. The molecule has 0 radical (unpaired) electrons. The Balaban J connectivity index is 1.45. The van der Waals surface area contributed by atoms with Crippen molar-refractivity contribution in [2.75, 3.05) is 19.8 Å². The maximum atomic E-state index is 14.9. The summed E-state index contributed by atoms with van der Waals surface area (Å²) in [6, 6.07) is 4.79. The molecule has 1 saturated carbocycles. The quantitative estimate of drug-likeness (QED) is 0.179. The van der Waals surface area contributed by atoms with E-state index in [1.165, 1.54) is 12.1 Å². The average molecular weight is 575 g/mol. The van der Waals surface area contributed by atoms with Gasteiger partial charge >= 0.3 is 6.11 Å². The van der Waals surface area contributed by atoms with Gasteiger partial charge in [0, 0.05) is 37.0 Å². The van der Waals surface area contributed by atoms with E-state index in [1.54, 1.807) is 0 Å². The molecule has 216 valence electrons. The van der Waals surface area contributed by atoms with E-state index < -0.39 is 52.3 Å². The van der Waals surface area contributed by atoms with Crippen LogP contribution in [0.2, 0.25) is 0 Å². The molecule has 0 amide bonds. The van der Waals surface area contributed by atoms with Crippen LogP contribution >= 0.6 is 0 Å². The number of halogens is 8. The molecule has 40 heavy (non-hydrogen) atoms. The van der Waals surface area contributed by atoms with Gasteiger partial charge in [0.1, 0.15) is 34.5 Å². The predicted octanol–water partition coefficient (Wildman–Crippen LogP) is 8.54. The highest BCUT2D eigenvalue weighted by Crippen LogP contribution is 2.38. The van der Waals surface area contributed by atoms with Crippen LogP contribution in [0, 0.1) is 46.7 Å². The van der Waals surface area contributed by atoms with E-state index in [9.17, 15) is 35.1 Å². The Labute approximate surface area is 225 Å². The van der Waals surface area contributed by atoms with Crippen LogP contribution < -0.4 is 9.47 Å². The van der Waals surface area contributed by atoms with Gasteiger partial charge in [-0.2, -0.15) is 8.78 Å². The minimum atomic E-state index is -4.75. The van der Waals surface area contributed by atoms with Crippen molar-refractivity contribution >= 4 is 0 Å². The minimum absolute atomic E-state index is 0.100. The van der Waals surface area contributed by atoms with Crippen LogP contribution in [0.4, 0.5) is 35.1 Å². The van der Waals surface area contributed by atoms with Gasteiger partial charge in [0.05, 0.1) is 6.61 Å². The highest BCUT2D eigenvalue weighted by Gasteiger charge is 2.41. The number of alkyl halides is 2. The topological polar surface area (TPSA) is 27.7 Å². The van der Waals surface area contributed by atoms with Crippen LogP contribution in [0.3, 0.4) is 0 Å². The molecule has 0 aliphatic heterocycles. The van der Waals surface area contributed by atoms with Gasteiger partial charge in [0.15, 0.2) is 17.5 Å². The van der Waals surface area contributed by atoms with E-state index in [0.717, 1.165) is 38.4 Å². The van der Waals surface area contributed by atoms with Crippen LogP contribution in [-0.2, 0) is 10.8 Å². The fourth-order valence-electron chi connectivity index (χ4n) is 4.68. The van der Waals surface area contributed by atoms with Crippen molar-refractivity contribution in [1.29, 1.82) is 0 Å². The Kier molecular flexibility index (Phi) is 9.22. The lowest BCUT2D eigenvalue weighted by atomic mass is 9.83. The van der Waals surface area contributed by atoms with E-state index in [1.807, 2.05) is 6.92 Å². The molecule has 0 N–H and O–H groups in total. The zero-order valence-electron chi connectivity index (χ0n) is 21.4. The van der Waals surface area contributed by atoms with Crippen LogP contribution in [0.1, 0.15) is 38.2 Å². The second-order valence-corrected chi connectivity index (χ2v) is 9.63. The van der Waals surface area contributed by atoms with Crippen molar-refractivity contribution in [3.8, 4) is 22.6 Å². The van der Waals surface area contributed by atoms with E-state index in [4.69, 9.17) is 9.47 Å². The van der Waals surface area contributed by atoms with Crippen molar-refractivity contribution in [2.45, 2.75) is 38.7 Å². The molecule has 0 heterocycles. The van der Waals surface area contributed by atoms with Crippen molar-refractivity contribution in [1.82, 2.24) is 0 Å². The third-order valence-corrected chi connectivity index (χ3v) is 6.80. The van der Waals surface area contributed by atoms with Gasteiger partial charge in [0.25, 0.3) is 0 Å². The van der Waals surface area contributed by atoms with E-state index >= 15 is 0 Å². The van der Waals surface area contributed by atoms with Gasteiger partial charge in [-0.3, -0.25) is 0 Å². The Morgan fingerprint density at radius 2 is 1.25 bits per heavy atom. The molecule has 1 aliphatic rings. The molecular weight excluding hydrogens is 548 g/mol. The average Bonchev–Trinajstić information content (AvgIpc) is 2.89. The normalized spacial score (nSPS) is 17.6. The minimum Gasteiger partial charge on any atom is -0.493 e. The number of hydrogen-bond acceptors (Lipinski definition) is 3. The number of ether oxygens (including phenoxy) is 3. The molecule has 11 heteroatoms. The van der Waals surface area contributed by atoms with Crippen molar-refractivity contribution in [2.24, 2.45) is 11.8 Å². The third-order valence-electron chi connectivity index (χ3n) is 6.80. The summed E-state index contributed by atoms with van der Waals surface area (Å²) in [5, 5.41) is 0. The van der Waals surface area contributed by atoms with E-state index in [-0.39, 0.29) is 29.0 Å².